The van der Waals surface area contributed by atoms with Crippen molar-refractivity contribution < 1.29 is 4.79 Å². The maximum absolute atomic E-state index is 11.9. The predicted molar refractivity (Wildman–Crippen MR) is 65.2 cm³/mol. The Balaban J connectivity index is 2.56. The summed E-state index contributed by atoms with van der Waals surface area (Å²) in [6.07, 6.45) is 0. The van der Waals surface area contributed by atoms with Crippen LogP contribution in [-0.4, -0.2) is 55.1 Å². The number of rotatable bonds is 4. The molecule has 0 saturated carbocycles. The van der Waals surface area contributed by atoms with Gasteiger partial charge in [-0.05, 0) is 20.8 Å². The van der Waals surface area contributed by atoms with Crippen LogP contribution in [0.25, 0.3) is 0 Å². The third kappa shape index (κ3) is 3.43. The van der Waals surface area contributed by atoms with E-state index in [1.807, 2.05) is 20.8 Å². The first-order valence-corrected chi connectivity index (χ1v) is 6.03. The Morgan fingerprint density at radius 1 is 1.56 bits per heavy atom. The van der Waals surface area contributed by atoms with Gasteiger partial charge in [0.25, 0.3) is 0 Å². The second-order valence-corrected chi connectivity index (χ2v) is 4.67. The van der Waals surface area contributed by atoms with Crippen LogP contribution < -0.4 is 16.4 Å². The molecule has 94 valence electrons. The lowest BCUT2D eigenvalue weighted by Gasteiger charge is -2.39. The largest absolute Gasteiger partial charge is 0.353 e. The topological polar surface area (TPSA) is 70.4 Å². The van der Waals surface area contributed by atoms with Crippen LogP contribution in [0.5, 0.6) is 0 Å². The smallest absolute Gasteiger partial charge is 0.237 e. The lowest BCUT2D eigenvalue weighted by Crippen LogP contribution is -2.60. The summed E-state index contributed by atoms with van der Waals surface area (Å²) in [5.41, 5.74) is 5.72. The summed E-state index contributed by atoms with van der Waals surface area (Å²) in [5.74, 6) is 0.0929. The first-order chi connectivity index (χ1) is 7.56. The molecule has 1 fully saturated rings. The van der Waals surface area contributed by atoms with Gasteiger partial charge in [0.05, 0.1) is 6.04 Å². The van der Waals surface area contributed by atoms with Gasteiger partial charge in [0.15, 0.2) is 0 Å². The molecule has 0 aromatic carbocycles. The number of hydrogen-bond donors (Lipinski definition) is 3. The molecule has 0 bridgehead atoms. The Hall–Kier alpha value is -0.650. The fourth-order valence-electron chi connectivity index (χ4n) is 2.06. The van der Waals surface area contributed by atoms with Crippen LogP contribution in [0.2, 0.25) is 0 Å². The van der Waals surface area contributed by atoms with Crippen molar-refractivity contribution in [3.8, 4) is 0 Å². The van der Waals surface area contributed by atoms with Gasteiger partial charge in [-0.3, -0.25) is 9.69 Å². The molecule has 0 radical (unpaired) electrons. The lowest BCUT2D eigenvalue weighted by atomic mass is 10.1. The van der Waals surface area contributed by atoms with Crippen molar-refractivity contribution in [2.24, 2.45) is 5.73 Å². The van der Waals surface area contributed by atoms with E-state index in [9.17, 15) is 4.79 Å². The maximum Gasteiger partial charge on any atom is 0.237 e. The summed E-state index contributed by atoms with van der Waals surface area (Å²) in [5, 5.41) is 6.24. The van der Waals surface area contributed by atoms with Crippen molar-refractivity contribution in [2.45, 2.75) is 38.9 Å². The van der Waals surface area contributed by atoms with Crippen LogP contribution in [0, 0.1) is 0 Å². The zero-order valence-electron chi connectivity index (χ0n) is 10.5. The Morgan fingerprint density at radius 3 is 2.81 bits per heavy atom. The molecule has 5 nitrogen and oxygen atoms in total. The summed E-state index contributed by atoms with van der Waals surface area (Å²) in [7, 11) is 0. The fraction of sp³-hybridized carbons (Fsp3) is 0.909. The molecule has 1 rings (SSSR count). The Kier molecular flexibility index (Phi) is 5.18. The van der Waals surface area contributed by atoms with Crippen molar-refractivity contribution >= 4 is 5.91 Å². The van der Waals surface area contributed by atoms with E-state index in [0.29, 0.717) is 6.54 Å². The highest BCUT2D eigenvalue weighted by molar-refractivity contribution is 5.81. The molecule has 0 aromatic heterocycles. The van der Waals surface area contributed by atoms with Gasteiger partial charge in [-0.1, -0.05) is 0 Å². The molecule has 0 spiro atoms. The third-order valence-corrected chi connectivity index (χ3v) is 2.98. The van der Waals surface area contributed by atoms with Gasteiger partial charge in [0.2, 0.25) is 5.91 Å². The van der Waals surface area contributed by atoms with Gasteiger partial charge in [0, 0.05) is 38.3 Å². The van der Waals surface area contributed by atoms with E-state index in [2.05, 4.69) is 15.5 Å². The zero-order valence-corrected chi connectivity index (χ0v) is 10.5. The first-order valence-electron chi connectivity index (χ1n) is 6.03. The minimum Gasteiger partial charge on any atom is -0.353 e. The summed E-state index contributed by atoms with van der Waals surface area (Å²) in [6, 6.07) is 0.355. The molecule has 2 unspecified atom stereocenters. The second kappa shape index (κ2) is 6.18. The molecular formula is C11H24N4O. The van der Waals surface area contributed by atoms with Crippen LogP contribution in [0.15, 0.2) is 0 Å². The van der Waals surface area contributed by atoms with Gasteiger partial charge < -0.3 is 16.4 Å². The monoisotopic (exact) mass is 228 g/mol. The van der Waals surface area contributed by atoms with Crippen LogP contribution in [0.4, 0.5) is 0 Å². The van der Waals surface area contributed by atoms with E-state index in [1.54, 1.807) is 0 Å². The first kappa shape index (κ1) is 13.4. The van der Waals surface area contributed by atoms with Crippen molar-refractivity contribution in [1.29, 1.82) is 0 Å². The van der Waals surface area contributed by atoms with Crippen molar-refractivity contribution in [3.05, 3.63) is 0 Å². The van der Waals surface area contributed by atoms with E-state index in [1.165, 1.54) is 0 Å². The zero-order chi connectivity index (χ0) is 12.1. The highest BCUT2D eigenvalue weighted by Gasteiger charge is 2.29. The standard InChI is InChI=1S/C11H24N4O/c1-8(2)14-11(16)9(3)15-5-4-13-7-10(15)6-12/h8-10,13H,4-7,12H2,1-3H3,(H,14,16). The average Bonchev–Trinajstić information content (AvgIpc) is 2.27. The van der Waals surface area contributed by atoms with Crippen molar-refractivity contribution in [3.63, 3.8) is 0 Å². The lowest BCUT2D eigenvalue weighted by molar-refractivity contribution is -0.127. The molecule has 1 heterocycles. The van der Waals surface area contributed by atoms with E-state index >= 15 is 0 Å². The van der Waals surface area contributed by atoms with Gasteiger partial charge in [-0.25, -0.2) is 0 Å². The minimum atomic E-state index is -0.0990. The quantitative estimate of drug-likeness (QED) is 0.585. The Bertz CT molecular complexity index is 232. The SMILES string of the molecule is CC(C)NC(=O)C(C)N1CCNCC1CN. The normalized spacial score (nSPS) is 24.4. The summed E-state index contributed by atoms with van der Waals surface area (Å²) in [6.45, 7) is 9.17. The number of nitrogens with one attached hydrogen (secondary N) is 2. The molecule has 2 atom stereocenters. The summed E-state index contributed by atoms with van der Waals surface area (Å²) < 4.78 is 0. The molecule has 1 aliphatic heterocycles. The van der Waals surface area contributed by atoms with Crippen molar-refractivity contribution in [1.82, 2.24) is 15.5 Å². The number of nitrogens with zero attached hydrogens (tertiary/aromatic N) is 1. The number of carbonyl (C=O) groups excluding carboxylic acids is 1. The summed E-state index contributed by atoms with van der Waals surface area (Å²) in [4.78, 5) is 14.1. The average molecular weight is 228 g/mol. The maximum atomic E-state index is 11.9. The molecule has 0 aromatic rings. The number of hydrogen-bond acceptors (Lipinski definition) is 4. The van der Waals surface area contributed by atoms with E-state index in [0.717, 1.165) is 19.6 Å². The molecule has 1 aliphatic rings. The molecule has 0 aliphatic carbocycles. The number of nitrogens with two attached hydrogens (primary N) is 1. The fourth-order valence-corrected chi connectivity index (χ4v) is 2.06. The Labute approximate surface area is 97.7 Å². The molecular weight excluding hydrogens is 204 g/mol. The molecule has 16 heavy (non-hydrogen) atoms. The third-order valence-electron chi connectivity index (χ3n) is 2.98. The second-order valence-electron chi connectivity index (χ2n) is 4.67. The highest BCUT2D eigenvalue weighted by Crippen LogP contribution is 2.08. The van der Waals surface area contributed by atoms with Crippen LogP contribution in [-0.2, 0) is 4.79 Å². The van der Waals surface area contributed by atoms with Crippen LogP contribution in [0.1, 0.15) is 20.8 Å². The molecule has 1 saturated heterocycles. The van der Waals surface area contributed by atoms with Gasteiger partial charge in [-0.15, -0.1) is 0 Å². The number of amides is 1. The minimum absolute atomic E-state index is 0.0929. The van der Waals surface area contributed by atoms with E-state index < -0.39 is 0 Å². The van der Waals surface area contributed by atoms with Crippen molar-refractivity contribution in [2.75, 3.05) is 26.2 Å². The number of piperazine rings is 1. The molecule has 5 heteroatoms. The summed E-state index contributed by atoms with van der Waals surface area (Å²) >= 11 is 0. The molecule has 1 amide bonds. The highest BCUT2D eigenvalue weighted by atomic mass is 16.2. The van der Waals surface area contributed by atoms with Crippen LogP contribution in [0.3, 0.4) is 0 Å². The van der Waals surface area contributed by atoms with Gasteiger partial charge in [-0.2, -0.15) is 0 Å². The number of carbonyl (C=O) groups is 1. The van der Waals surface area contributed by atoms with Gasteiger partial charge >= 0.3 is 0 Å². The van der Waals surface area contributed by atoms with Crippen LogP contribution >= 0.6 is 0 Å². The Morgan fingerprint density at radius 2 is 2.25 bits per heavy atom. The van der Waals surface area contributed by atoms with Gasteiger partial charge in [0.1, 0.15) is 0 Å². The molecule has 4 N–H and O–H groups in total. The predicted octanol–water partition coefficient (Wildman–Crippen LogP) is -0.868. The van der Waals surface area contributed by atoms with E-state index in [4.69, 9.17) is 5.73 Å². The van der Waals surface area contributed by atoms with E-state index in [-0.39, 0.29) is 24.0 Å².